The summed E-state index contributed by atoms with van der Waals surface area (Å²) in [5, 5.41) is 23.1. The van der Waals surface area contributed by atoms with Crippen molar-refractivity contribution in [1.29, 1.82) is 0 Å². The van der Waals surface area contributed by atoms with Gasteiger partial charge in [0.1, 0.15) is 23.8 Å². The maximum absolute atomic E-state index is 14.2. The van der Waals surface area contributed by atoms with E-state index in [-0.39, 0.29) is 12.0 Å². The molecule has 5 rings (SSSR count). The summed E-state index contributed by atoms with van der Waals surface area (Å²) in [6.45, 7) is 14.5. The zero-order valence-electron chi connectivity index (χ0n) is 34.2. The number of benzene rings is 1. The molecule has 3 fully saturated rings. The van der Waals surface area contributed by atoms with Gasteiger partial charge in [-0.1, -0.05) is 38.1 Å². The molecule has 2 unspecified atom stereocenters. The van der Waals surface area contributed by atoms with Gasteiger partial charge in [0.2, 0.25) is 0 Å². The third-order valence-electron chi connectivity index (χ3n) is 11.9. The first-order chi connectivity index (χ1) is 26.5. The first-order valence-electron chi connectivity index (χ1n) is 20.0. The highest BCUT2D eigenvalue weighted by Gasteiger charge is 2.57. The van der Waals surface area contributed by atoms with E-state index >= 15 is 0 Å². The van der Waals surface area contributed by atoms with Gasteiger partial charge in [0.25, 0.3) is 0 Å². The molecular weight excluding hydrogens is 722 g/mol. The molecule has 6 N–H and O–H groups in total. The molecule has 0 radical (unpaired) electrons. The predicted molar refractivity (Wildman–Crippen MR) is 208 cm³/mol. The van der Waals surface area contributed by atoms with Crippen molar-refractivity contribution in [2.24, 2.45) is 23.5 Å². The number of rotatable bonds is 10. The number of unbranched alkanes of at least 4 members (excludes halogenated alkanes) is 1. The van der Waals surface area contributed by atoms with Crippen molar-refractivity contribution in [2.75, 3.05) is 32.5 Å². The largest absolute Gasteiger partial charge is 0.458 e. The van der Waals surface area contributed by atoms with Crippen molar-refractivity contribution in [1.82, 2.24) is 25.2 Å². The molecule has 0 spiro atoms. The molecule has 2 aromatic rings. The summed E-state index contributed by atoms with van der Waals surface area (Å²) in [6, 6.07) is 6.41. The average Bonchev–Trinajstić information content (AvgIpc) is 3.73. The second-order valence-corrected chi connectivity index (χ2v) is 16.5. The van der Waals surface area contributed by atoms with Crippen molar-refractivity contribution in [3.05, 3.63) is 30.5 Å². The van der Waals surface area contributed by atoms with Gasteiger partial charge in [-0.15, -0.1) is 5.10 Å². The van der Waals surface area contributed by atoms with Crippen molar-refractivity contribution in [2.45, 2.75) is 141 Å². The molecule has 16 nitrogen and oxygen atoms in total. The predicted octanol–water partition coefficient (Wildman–Crippen LogP) is 3.29. The van der Waals surface area contributed by atoms with Crippen LogP contribution in [0.5, 0.6) is 0 Å². The smallest absolute Gasteiger partial charge is 0.410 e. The van der Waals surface area contributed by atoms with E-state index in [1.165, 1.54) is 6.92 Å². The molecule has 3 aliphatic rings. The summed E-state index contributed by atoms with van der Waals surface area (Å²) < 4.78 is 32.6. The van der Waals surface area contributed by atoms with Crippen LogP contribution in [0.4, 0.5) is 10.5 Å². The zero-order valence-corrected chi connectivity index (χ0v) is 34.2. The Bertz CT molecular complexity index is 1660. The molecule has 0 bridgehead atoms. The Morgan fingerprint density at radius 2 is 1.82 bits per heavy atom. The van der Waals surface area contributed by atoms with Gasteiger partial charge in [0, 0.05) is 50.0 Å². The van der Waals surface area contributed by atoms with Crippen LogP contribution in [0.25, 0.3) is 11.3 Å². The second-order valence-electron chi connectivity index (χ2n) is 16.5. The molecule has 4 heterocycles. The van der Waals surface area contributed by atoms with Crippen LogP contribution in [-0.2, 0) is 39.8 Å². The third-order valence-corrected chi connectivity index (χ3v) is 11.9. The van der Waals surface area contributed by atoms with Crippen LogP contribution in [0, 0.1) is 17.8 Å². The number of hydrogen-bond acceptors (Lipinski definition) is 14. The first-order valence-corrected chi connectivity index (χ1v) is 20.0. The normalized spacial score (nSPS) is 36.3. The van der Waals surface area contributed by atoms with E-state index in [1.807, 2.05) is 51.2 Å². The number of ketones is 1. The molecular formula is C40H63N7O9. The maximum atomic E-state index is 14.2. The molecule has 312 valence electrons. The number of nitrogens with zero attached hydrogens (tertiary/aromatic N) is 4. The number of nitrogens with two attached hydrogens (primary N) is 2. The van der Waals surface area contributed by atoms with Gasteiger partial charge in [-0.2, -0.15) is 0 Å². The van der Waals surface area contributed by atoms with Gasteiger partial charge < -0.3 is 45.6 Å². The number of esters is 1. The van der Waals surface area contributed by atoms with E-state index < -0.39 is 77.6 Å². The lowest BCUT2D eigenvalue weighted by atomic mass is 9.78. The standard InChI is InChI=1S/C40H63N7O9/c1-9-32-40(7)31(47(38(51)56-40)16-11-10-15-46-22-30(44-45-46)27-13-12-14-28(41)18-27)21-43-20-23(2)19-39(6,52-8)35(25(4)33(48)26(5)36(50)54-32)55-37-34(49)29(42)17-24(3)53-37/h12-14,18,22-26,29,31-32,34-35,37,43,49H,9-11,15-17,19-21,41-42H2,1-8H3/t23-,24-,25+,26-,29?,31-,32-,34?,35-,37+,39-,40+/m1/s1. The molecule has 0 saturated carbocycles. The lowest BCUT2D eigenvalue weighted by Gasteiger charge is -2.45. The zero-order chi connectivity index (χ0) is 40.9. The van der Waals surface area contributed by atoms with Gasteiger partial charge in [-0.05, 0) is 84.4 Å². The monoisotopic (exact) mass is 785 g/mol. The van der Waals surface area contributed by atoms with E-state index in [0.29, 0.717) is 64.0 Å². The average molecular weight is 786 g/mol. The number of Topliss-reactive ketones (excluding diaryl/α,β-unsaturated/α-hetero) is 1. The number of cyclic esters (lactones) is 1. The molecule has 16 heteroatoms. The summed E-state index contributed by atoms with van der Waals surface area (Å²) in [6.07, 6.45) is -0.263. The van der Waals surface area contributed by atoms with Crippen molar-refractivity contribution in [3.63, 3.8) is 0 Å². The number of aryl methyl sites for hydroxylation is 1. The van der Waals surface area contributed by atoms with E-state index in [2.05, 4.69) is 22.6 Å². The maximum Gasteiger partial charge on any atom is 0.410 e. The Hall–Kier alpha value is -3.67. The summed E-state index contributed by atoms with van der Waals surface area (Å²) in [5.74, 6) is -3.21. The number of nitrogen functional groups attached to an aromatic ring is 1. The second kappa shape index (κ2) is 18.3. The Labute approximate surface area is 330 Å². The minimum absolute atomic E-state index is 0.00763. The van der Waals surface area contributed by atoms with Gasteiger partial charge in [-0.25, -0.2) is 4.79 Å². The Morgan fingerprint density at radius 3 is 2.52 bits per heavy atom. The highest BCUT2D eigenvalue weighted by atomic mass is 16.7. The van der Waals surface area contributed by atoms with Gasteiger partial charge in [0.15, 0.2) is 17.7 Å². The van der Waals surface area contributed by atoms with Crippen LogP contribution in [0.15, 0.2) is 30.5 Å². The molecule has 3 aliphatic heterocycles. The highest BCUT2D eigenvalue weighted by Crippen LogP contribution is 2.38. The third kappa shape index (κ3) is 9.54. The lowest BCUT2D eigenvalue weighted by molar-refractivity contribution is -0.288. The van der Waals surface area contributed by atoms with Gasteiger partial charge >= 0.3 is 12.1 Å². The van der Waals surface area contributed by atoms with E-state index in [9.17, 15) is 19.5 Å². The summed E-state index contributed by atoms with van der Waals surface area (Å²) in [4.78, 5) is 43.4. The fourth-order valence-corrected chi connectivity index (χ4v) is 8.58. The Balaban J connectivity index is 1.34. The lowest BCUT2D eigenvalue weighted by Crippen LogP contribution is -2.58. The van der Waals surface area contributed by atoms with E-state index in [4.69, 9.17) is 35.2 Å². The fraction of sp³-hybridized carbons (Fsp3) is 0.725. The molecule has 56 heavy (non-hydrogen) atoms. The number of ether oxygens (including phenoxy) is 5. The van der Waals surface area contributed by atoms with Crippen LogP contribution in [0.3, 0.4) is 0 Å². The molecule has 0 aliphatic carbocycles. The number of fused-ring (bicyclic) bond motifs is 1. The molecule has 1 aromatic heterocycles. The summed E-state index contributed by atoms with van der Waals surface area (Å²) >= 11 is 0. The van der Waals surface area contributed by atoms with Crippen molar-refractivity contribution >= 4 is 23.5 Å². The van der Waals surface area contributed by atoms with Gasteiger partial charge in [-0.3, -0.25) is 19.2 Å². The van der Waals surface area contributed by atoms with E-state index in [1.54, 1.807) is 30.5 Å². The van der Waals surface area contributed by atoms with Crippen LogP contribution in [-0.4, -0.2) is 124 Å². The number of amides is 1. The number of carbonyl (C=O) groups is 3. The Kier molecular flexibility index (Phi) is 14.2. The van der Waals surface area contributed by atoms with Crippen LogP contribution in [0.1, 0.15) is 80.6 Å². The SMILES string of the molecule is CC[C@H]1OC(=O)[C@H](C)C(=O)[C@H](C)[C@@H](O[C@@H]2O[C@H](C)CC(N)C2O)[C@](C)(OC)C[C@@H](C)CNC[C@H]2N(CCCCn3cc(-c4cccc(N)c4)nn3)C(=O)O[C@]12C. The molecule has 1 amide bonds. The van der Waals surface area contributed by atoms with Gasteiger partial charge in [0.05, 0.1) is 30.0 Å². The van der Waals surface area contributed by atoms with Crippen molar-refractivity contribution in [3.8, 4) is 11.3 Å². The number of nitrogens with one attached hydrogen (secondary N) is 1. The number of aromatic nitrogens is 3. The Morgan fingerprint density at radius 1 is 1.09 bits per heavy atom. The molecule has 1 aromatic carbocycles. The number of hydrogen-bond donors (Lipinski definition) is 4. The molecule has 3 saturated heterocycles. The fourth-order valence-electron chi connectivity index (χ4n) is 8.58. The molecule has 12 atom stereocenters. The summed E-state index contributed by atoms with van der Waals surface area (Å²) in [5.41, 5.74) is 12.2. The summed E-state index contributed by atoms with van der Waals surface area (Å²) in [7, 11) is 1.56. The first kappa shape index (κ1) is 43.5. The number of carbonyl (C=O) groups excluding carboxylic acids is 3. The number of aliphatic hydroxyl groups excluding tert-OH is 1. The highest BCUT2D eigenvalue weighted by molar-refractivity contribution is 6.00. The van der Waals surface area contributed by atoms with Crippen LogP contribution < -0.4 is 16.8 Å². The minimum Gasteiger partial charge on any atom is -0.458 e. The van der Waals surface area contributed by atoms with Crippen LogP contribution in [0.2, 0.25) is 0 Å². The van der Waals surface area contributed by atoms with E-state index in [0.717, 1.165) is 11.3 Å². The quantitative estimate of drug-likeness (QED) is 0.118. The van der Waals surface area contributed by atoms with Crippen molar-refractivity contribution < 1.29 is 43.2 Å². The number of aliphatic hydroxyl groups is 1. The van der Waals surface area contributed by atoms with Crippen LogP contribution >= 0.6 is 0 Å². The minimum atomic E-state index is -1.21. The number of methoxy groups -OCH3 is 1. The topological polar surface area (TPSA) is 216 Å². The number of anilines is 1.